The lowest BCUT2D eigenvalue weighted by Crippen LogP contribution is -2.48. The molecule has 3 heterocycles. The minimum absolute atomic E-state index is 0.0345. The first-order valence-corrected chi connectivity index (χ1v) is 10.9. The van der Waals surface area contributed by atoms with E-state index in [0.717, 1.165) is 61.6 Å². The van der Waals surface area contributed by atoms with E-state index in [2.05, 4.69) is 41.6 Å². The van der Waals surface area contributed by atoms with Crippen LogP contribution in [-0.4, -0.2) is 44.0 Å². The summed E-state index contributed by atoms with van der Waals surface area (Å²) in [6.45, 7) is 8.10. The molecule has 2 aliphatic heterocycles. The summed E-state index contributed by atoms with van der Waals surface area (Å²) in [6.07, 6.45) is 3.79. The van der Waals surface area contributed by atoms with Crippen LogP contribution in [0.15, 0.2) is 29.4 Å². The molecule has 0 unspecified atom stereocenters. The van der Waals surface area contributed by atoms with Gasteiger partial charge in [-0.3, -0.25) is 0 Å². The van der Waals surface area contributed by atoms with Gasteiger partial charge >= 0.3 is 0 Å². The van der Waals surface area contributed by atoms with Gasteiger partial charge in [0.15, 0.2) is 17.5 Å². The first-order chi connectivity index (χ1) is 14.2. The molecule has 2 aromatic rings. The fourth-order valence-electron chi connectivity index (χ4n) is 3.77. The van der Waals surface area contributed by atoms with Gasteiger partial charge in [0.05, 0.1) is 6.54 Å². The van der Waals surface area contributed by atoms with Crippen LogP contribution in [-0.2, 0) is 16.7 Å². The highest BCUT2D eigenvalue weighted by Crippen LogP contribution is 2.40. The van der Waals surface area contributed by atoms with E-state index in [1.165, 1.54) is 10.4 Å². The van der Waals surface area contributed by atoms with Crippen molar-refractivity contribution in [1.29, 1.82) is 0 Å². The minimum Gasteiger partial charge on any atom is -0.454 e. The van der Waals surface area contributed by atoms with Crippen LogP contribution in [0, 0.1) is 6.92 Å². The van der Waals surface area contributed by atoms with E-state index in [0.29, 0.717) is 13.3 Å². The summed E-state index contributed by atoms with van der Waals surface area (Å²) in [6, 6.07) is 6.29. The Bertz CT molecular complexity index is 861. The zero-order chi connectivity index (χ0) is 20.1. The number of hydrogen-bond donors (Lipinski definition) is 2. The normalized spacial score (nSPS) is 17.9. The molecule has 0 bridgehead atoms. The van der Waals surface area contributed by atoms with E-state index in [1.54, 1.807) is 11.3 Å². The van der Waals surface area contributed by atoms with Crippen molar-refractivity contribution in [2.75, 3.05) is 33.1 Å². The van der Waals surface area contributed by atoms with Crippen molar-refractivity contribution in [3.63, 3.8) is 0 Å². The number of aryl methyl sites for hydroxylation is 1. The fourth-order valence-corrected chi connectivity index (χ4v) is 4.48. The van der Waals surface area contributed by atoms with Crippen LogP contribution in [0.2, 0.25) is 0 Å². The molecule has 0 amide bonds. The maximum Gasteiger partial charge on any atom is 0.231 e. The summed E-state index contributed by atoms with van der Waals surface area (Å²) >= 11 is 1.69. The number of hydrogen-bond acceptors (Lipinski definition) is 6. The van der Waals surface area contributed by atoms with Crippen molar-refractivity contribution in [2.45, 2.75) is 38.6 Å². The molecule has 1 aromatic carbocycles. The van der Waals surface area contributed by atoms with Gasteiger partial charge in [0, 0.05) is 42.8 Å². The first kappa shape index (κ1) is 20.0. The third-order valence-electron chi connectivity index (χ3n) is 5.41. The van der Waals surface area contributed by atoms with Crippen LogP contribution in [0.25, 0.3) is 0 Å². The highest BCUT2D eigenvalue weighted by molar-refractivity contribution is 7.11. The second-order valence-electron chi connectivity index (χ2n) is 7.37. The second-order valence-corrected chi connectivity index (χ2v) is 8.69. The molecule has 2 aliphatic rings. The van der Waals surface area contributed by atoms with Gasteiger partial charge in [-0.2, -0.15) is 0 Å². The van der Waals surface area contributed by atoms with Crippen LogP contribution in [0.4, 0.5) is 0 Å². The lowest BCUT2D eigenvalue weighted by atomic mass is 9.74. The molecule has 2 N–H and O–H groups in total. The Hall–Kier alpha value is -2.32. The van der Waals surface area contributed by atoms with E-state index in [9.17, 15) is 0 Å². The Labute approximate surface area is 175 Å². The maximum absolute atomic E-state index is 5.66. The second kappa shape index (κ2) is 9.00. The van der Waals surface area contributed by atoms with E-state index >= 15 is 0 Å². The Balaban J connectivity index is 1.50. The summed E-state index contributed by atoms with van der Waals surface area (Å²) in [5.41, 5.74) is 1.22. The standard InChI is InChI=1S/C21H28N4O3S/c1-3-22-20(24-12-19-23-11-15(2)29-19)25-13-21(6-8-26-9-7-21)16-4-5-17-18(10-16)28-14-27-17/h4-5,10-11H,3,6-9,12-14H2,1-2H3,(H2,22,24,25). The third kappa shape index (κ3) is 4.64. The number of fused-ring (bicyclic) bond motifs is 1. The summed E-state index contributed by atoms with van der Waals surface area (Å²) < 4.78 is 16.8. The molecule has 7 nitrogen and oxygen atoms in total. The quantitative estimate of drug-likeness (QED) is 0.557. The van der Waals surface area contributed by atoms with E-state index in [4.69, 9.17) is 19.2 Å². The molecule has 0 saturated carbocycles. The van der Waals surface area contributed by atoms with Gasteiger partial charge in [0.2, 0.25) is 6.79 Å². The smallest absolute Gasteiger partial charge is 0.231 e. The molecule has 0 atom stereocenters. The van der Waals surface area contributed by atoms with Crippen LogP contribution < -0.4 is 20.1 Å². The van der Waals surface area contributed by atoms with Gasteiger partial charge in [-0.15, -0.1) is 11.3 Å². The molecule has 0 radical (unpaired) electrons. The van der Waals surface area contributed by atoms with Crippen LogP contribution in [0.1, 0.15) is 35.2 Å². The van der Waals surface area contributed by atoms with Crippen molar-refractivity contribution in [3.8, 4) is 11.5 Å². The minimum atomic E-state index is -0.0345. The lowest BCUT2D eigenvalue weighted by Gasteiger charge is -2.38. The fraction of sp³-hybridized carbons (Fsp3) is 0.524. The van der Waals surface area contributed by atoms with E-state index in [-0.39, 0.29) is 5.41 Å². The Morgan fingerprint density at radius 3 is 2.79 bits per heavy atom. The number of aliphatic imine (C=N–C) groups is 1. The molecular weight excluding hydrogens is 388 g/mol. The van der Waals surface area contributed by atoms with Crippen LogP contribution in [0.5, 0.6) is 11.5 Å². The third-order valence-corrected chi connectivity index (χ3v) is 6.31. The first-order valence-electron chi connectivity index (χ1n) is 10.1. The van der Waals surface area contributed by atoms with Gasteiger partial charge in [-0.05, 0) is 44.4 Å². The van der Waals surface area contributed by atoms with Gasteiger partial charge in [0.25, 0.3) is 0 Å². The van der Waals surface area contributed by atoms with Crippen LogP contribution in [0.3, 0.4) is 0 Å². The number of benzene rings is 1. The number of guanidine groups is 1. The molecule has 8 heteroatoms. The zero-order valence-corrected chi connectivity index (χ0v) is 17.8. The predicted octanol–water partition coefficient (Wildman–Crippen LogP) is 2.98. The predicted molar refractivity (Wildman–Crippen MR) is 114 cm³/mol. The molecule has 1 saturated heterocycles. The molecular formula is C21H28N4O3S. The van der Waals surface area contributed by atoms with Gasteiger partial charge in [-0.25, -0.2) is 9.98 Å². The average molecular weight is 417 g/mol. The van der Waals surface area contributed by atoms with Crippen LogP contribution >= 0.6 is 11.3 Å². The molecule has 29 heavy (non-hydrogen) atoms. The average Bonchev–Trinajstić information content (AvgIpc) is 3.39. The highest BCUT2D eigenvalue weighted by Gasteiger charge is 2.35. The largest absolute Gasteiger partial charge is 0.454 e. The van der Waals surface area contributed by atoms with Gasteiger partial charge in [0.1, 0.15) is 5.01 Å². The maximum atomic E-state index is 5.66. The Morgan fingerprint density at radius 2 is 2.03 bits per heavy atom. The number of nitrogens with one attached hydrogen (secondary N) is 2. The number of thiazole rings is 1. The summed E-state index contributed by atoms with van der Waals surface area (Å²) in [7, 11) is 0. The Morgan fingerprint density at radius 1 is 1.21 bits per heavy atom. The molecule has 1 aromatic heterocycles. The van der Waals surface area contributed by atoms with Gasteiger partial charge in [-0.1, -0.05) is 6.07 Å². The summed E-state index contributed by atoms with van der Waals surface area (Å²) in [4.78, 5) is 10.3. The van der Waals surface area contributed by atoms with Crippen molar-refractivity contribution in [3.05, 3.63) is 39.8 Å². The highest BCUT2D eigenvalue weighted by atomic mass is 32.1. The molecule has 156 valence electrons. The van der Waals surface area contributed by atoms with Crippen molar-refractivity contribution in [2.24, 2.45) is 4.99 Å². The SMILES string of the molecule is CCNC(=NCc1ncc(C)s1)NCC1(c2ccc3c(c2)OCO3)CCOCC1. The lowest BCUT2D eigenvalue weighted by molar-refractivity contribution is 0.0513. The van der Waals surface area contributed by atoms with Crippen molar-refractivity contribution >= 4 is 17.3 Å². The molecule has 4 rings (SSSR count). The van der Waals surface area contributed by atoms with E-state index in [1.807, 2.05) is 12.3 Å². The Kier molecular flexibility index (Phi) is 6.20. The monoisotopic (exact) mass is 416 g/mol. The molecule has 1 fully saturated rings. The van der Waals surface area contributed by atoms with Gasteiger partial charge < -0.3 is 24.8 Å². The number of aromatic nitrogens is 1. The topological polar surface area (TPSA) is 77.0 Å². The van der Waals surface area contributed by atoms with E-state index < -0.39 is 0 Å². The molecule has 0 aliphatic carbocycles. The molecule has 0 spiro atoms. The number of nitrogens with zero attached hydrogens (tertiary/aromatic N) is 2. The summed E-state index contributed by atoms with van der Waals surface area (Å²) in [5, 5.41) is 7.94. The van der Waals surface area contributed by atoms with Crippen molar-refractivity contribution in [1.82, 2.24) is 15.6 Å². The zero-order valence-electron chi connectivity index (χ0n) is 17.0. The number of rotatable bonds is 6. The summed E-state index contributed by atoms with van der Waals surface area (Å²) in [5.74, 6) is 2.46. The van der Waals surface area contributed by atoms with Crippen molar-refractivity contribution < 1.29 is 14.2 Å². The number of ether oxygens (including phenoxy) is 3.